The van der Waals surface area contributed by atoms with Crippen LogP contribution < -0.4 is 9.80 Å². The standard InChI is InChI=1S/C65H41N3.C34H22BrN.C33H22/c1-2-17-42(18-3-1)63-54-27-12-14-29-56(54)64(57-30-15-13-28-55(57)63)45-32-37-60-59(39-45)58-31-16-38-66-65(58)68(60)47-35-33-46(34-36-47)67(61-40-43-19-4-6-21-48(43)50-23-8-10-25-52(50)61)62-41-44-20-5-7-22-49(44)51-24-9-11-26-53(51)62;35-25-17-19-26(20-18-25)36(33-21-23-9-1-3-11-27(23)29-13-5-7-15-31(29)33)34-22-24-10-2-4-12-28(24)30-14-6-8-16-32(30)34;1-2-10-22(11-3-1)32-27-14-6-8-16-29(27)33(30-17-9-7-15-28(30)32)25-19-18-24-20-23-12-4-5-13-26(23)31(24)21-25/h1-41H;1-22H;1-19,21H,20H2. The summed E-state index contributed by atoms with van der Waals surface area (Å²) in [5.74, 6) is 0. The van der Waals surface area contributed by atoms with Crippen LogP contribution in [0.3, 0.4) is 0 Å². The van der Waals surface area contributed by atoms with E-state index in [4.69, 9.17) is 4.98 Å². The molecule has 1 aliphatic carbocycles. The van der Waals surface area contributed by atoms with Crippen LogP contribution in [0.2, 0.25) is 0 Å². The van der Waals surface area contributed by atoms with E-state index in [0.717, 1.165) is 55.9 Å². The van der Waals surface area contributed by atoms with Gasteiger partial charge in [0.15, 0.2) is 0 Å². The molecule has 0 atom stereocenters. The van der Waals surface area contributed by atoms with Crippen molar-refractivity contribution in [3.63, 3.8) is 0 Å². The van der Waals surface area contributed by atoms with Gasteiger partial charge in [-0.1, -0.05) is 410 Å². The molecule has 0 spiro atoms. The Balaban J connectivity index is 0.000000118. The van der Waals surface area contributed by atoms with E-state index in [2.05, 4.69) is 528 Å². The lowest BCUT2D eigenvalue weighted by Gasteiger charge is -2.29. The Bertz CT molecular complexity index is 9180. The third-order valence-electron chi connectivity index (χ3n) is 28.3. The lowest BCUT2D eigenvalue weighted by atomic mass is 9.85. The molecule has 0 bridgehead atoms. The fourth-order valence-corrected chi connectivity index (χ4v) is 22.6. The molecule has 0 aliphatic heterocycles. The van der Waals surface area contributed by atoms with Gasteiger partial charge in [-0.2, -0.15) is 0 Å². The second kappa shape index (κ2) is 33.7. The molecule has 0 unspecified atom stereocenters. The van der Waals surface area contributed by atoms with E-state index in [1.165, 1.54) is 213 Å². The minimum absolute atomic E-state index is 0.930. The summed E-state index contributed by atoms with van der Waals surface area (Å²) in [5, 5.41) is 32.3. The number of halogens is 1. The first kappa shape index (κ1) is 80.5. The molecular weight excluding hydrogens is 1720 g/mol. The molecule has 0 radical (unpaired) electrons. The van der Waals surface area contributed by atoms with Crippen LogP contribution in [0.5, 0.6) is 0 Å². The van der Waals surface area contributed by atoms with Gasteiger partial charge in [-0.3, -0.25) is 4.57 Å². The minimum atomic E-state index is 0.930. The number of benzene rings is 25. The van der Waals surface area contributed by atoms with Crippen molar-refractivity contribution in [3.05, 3.63) is 519 Å². The van der Waals surface area contributed by atoms with E-state index in [-0.39, 0.29) is 0 Å². The molecule has 25 aromatic carbocycles. The van der Waals surface area contributed by atoms with Crippen molar-refractivity contribution in [2.75, 3.05) is 9.80 Å². The first-order valence-corrected chi connectivity index (χ1v) is 47.9. The van der Waals surface area contributed by atoms with Crippen molar-refractivity contribution < 1.29 is 0 Å². The number of rotatable bonds is 11. The number of hydrogen-bond donors (Lipinski definition) is 0. The Morgan fingerprint density at radius 2 is 0.504 bits per heavy atom. The normalized spacial score (nSPS) is 11.8. The van der Waals surface area contributed by atoms with Crippen molar-refractivity contribution in [2.24, 2.45) is 0 Å². The maximum atomic E-state index is 5.07. The summed E-state index contributed by atoms with van der Waals surface area (Å²) >= 11 is 3.63. The van der Waals surface area contributed by atoms with Crippen molar-refractivity contribution in [1.82, 2.24) is 9.55 Å². The van der Waals surface area contributed by atoms with Gasteiger partial charge >= 0.3 is 0 Å². The Kier molecular flexibility index (Phi) is 19.8. The molecule has 0 saturated carbocycles. The monoisotopic (exact) mass is 1800 g/mol. The van der Waals surface area contributed by atoms with E-state index in [0.29, 0.717) is 0 Å². The van der Waals surface area contributed by atoms with Gasteiger partial charge in [-0.25, -0.2) is 4.98 Å². The molecule has 0 N–H and O–H groups in total. The van der Waals surface area contributed by atoms with Gasteiger partial charge in [0.2, 0.25) is 0 Å². The lowest BCUT2D eigenvalue weighted by molar-refractivity contribution is 1.13. The molecule has 137 heavy (non-hydrogen) atoms. The number of pyridine rings is 1. The van der Waals surface area contributed by atoms with Crippen LogP contribution in [0, 0.1) is 0 Å². The second-order valence-electron chi connectivity index (χ2n) is 35.9. The van der Waals surface area contributed by atoms with E-state index in [1.807, 2.05) is 6.20 Å². The molecule has 2 heterocycles. The number of fused-ring (bicyclic) bond motifs is 22. The molecule has 0 amide bonds. The zero-order valence-corrected chi connectivity index (χ0v) is 76.4. The molecule has 640 valence electrons. The van der Waals surface area contributed by atoms with Crippen molar-refractivity contribution in [3.8, 4) is 61.3 Å². The largest absolute Gasteiger partial charge is 0.309 e. The summed E-state index contributed by atoms with van der Waals surface area (Å²) in [6.45, 7) is 0. The summed E-state index contributed by atoms with van der Waals surface area (Å²) in [5.41, 5.74) is 25.6. The van der Waals surface area contributed by atoms with Gasteiger partial charge in [-0.15, -0.1) is 0 Å². The topological polar surface area (TPSA) is 24.3 Å². The first-order valence-electron chi connectivity index (χ1n) is 47.1. The van der Waals surface area contributed by atoms with E-state index >= 15 is 0 Å². The van der Waals surface area contributed by atoms with Gasteiger partial charge in [0, 0.05) is 60.0 Å². The molecule has 0 fully saturated rings. The van der Waals surface area contributed by atoms with Crippen molar-refractivity contribution in [2.45, 2.75) is 6.42 Å². The third-order valence-corrected chi connectivity index (χ3v) is 28.8. The number of anilines is 6. The fourth-order valence-electron chi connectivity index (χ4n) is 22.3. The molecule has 0 saturated heterocycles. The molecule has 1 aliphatic rings. The Labute approximate surface area is 801 Å². The molecule has 27 aromatic rings. The van der Waals surface area contributed by atoms with Crippen molar-refractivity contribution >= 4 is 201 Å². The van der Waals surface area contributed by atoms with Gasteiger partial charge < -0.3 is 9.80 Å². The van der Waals surface area contributed by atoms with Crippen LogP contribution in [0.25, 0.3) is 213 Å². The molecule has 28 rings (SSSR count). The van der Waals surface area contributed by atoms with Gasteiger partial charge in [0.1, 0.15) is 5.65 Å². The van der Waals surface area contributed by atoms with Crippen LogP contribution in [-0.4, -0.2) is 9.55 Å². The zero-order chi connectivity index (χ0) is 90.5. The number of nitrogens with zero attached hydrogens (tertiary/aromatic N) is 4. The van der Waals surface area contributed by atoms with E-state index in [1.54, 1.807) is 0 Å². The van der Waals surface area contributed by atoms with Gasteiger partial charge in [0.05, 0.1) is 28.3 Å². The maximum Gasteiger partial charge on any atom is 0.145 e. The quantitative estimate of drug-likeness (QED) is 0.0953. The smallest absolute Gasteiger partial charge is 0.145 e. The summed E-state index contributed by atoms with van der Waals surface area (Å²) < 4.78 is 3.40. The van der Waals surface area contributed by atoms with Crippen LogP contribution in [-0.2, 0) is 6.42 Å². The summed E-state index contributed by atoms with van der Waals surface area (Å²) in [7, 11) is 0. The molecule has 2 aromatic heterocycles. The molecular formula is C132H85BrN4. The number of hydrogen-bond acceptors (Lipinski definition) is 3. The van der Waals surface area contributed by atoms with Crippen molar-refractivity contribution in [1.29, 1.82) is 0 Å². The summed E-state index contributed by atoms with van der Waals surface area (Å²) in [4.78, 5) is 9.97. The second-order valence-corrected chi connectivity index (χ2v) is 36.8. The Morgan fingerprint density at radius 3 is 0.898 bits per heavy atom. The highest BCUT2D eigenvalue weighted by Gasteiger charge is 2.28. The average molecular weight is 1810 g/mol. The molecule has 5 heteroatoms. The van der Waals surface area contributed by atoms with Gasteiger partial charge in [-0.05, 0) is 284 Å². The SMILES string of the molecule is Brc1ccc(N(c2cc3ccccc3c3ccccc23)c2cc3ccccc3c3ccccc23)cc1.c1ccc(-c2c3ccccc3c(-c3ccc4c(c3)-c3ccccc3C4)c3ccccc23)cc1.c1ccc(-c2c3ccccc3c(-c3ccc4c(c3)c3cccnc3n4-c3ccc(N(c4cc5ccccc5c5ccccc45)c4cc5ccccc5c5ccccc45)cc3)c3ccccc23)cc1. The van der Waals surface area contributed by atoms with Gasteiger partial charge in [0.25, 0.3) is 0 Å². The highest BCUT2D eigenvalue weighted by Crippen LogP contribution is 2.53. The minimum Gasteiger partial charge on any atom is -0.309 e. The Morgan fingerprint density at radius 1 is 0.204 bits per heavy atom. The summed E-state index contributed by atoms with van der Waals surface area (Å²) in [6.07, 6.45) is 2.94. The lowest BCUT2D eigenvalue weighted by Crippen LogP contribution is -2.11. The molecule has 4 nitrogen and oxygen atoms in total. The third kappa shape index (κ3) is 13.8. The first-order chi connectivity index (χ1) is 67.9. The van der Waals surface area contributed by atoms with E-state index < -0.39 is 0 Å². The zero-order valence-electron chi connectivity index (χ0n) is 74.8. The maximum absolute atomic E-state index is 5.07. The van der Waals surface area contributed by atoms with Crippen LogP contribution in [0.1, 0.15) is 11.1 Å². The predicted molar refractivity (Wildman–Crippen MR) is 589 cm³/mol. The Hall–Kier alpha value is -17.4. The fraction of sp³-hybridized carbons (Fsp3) is 0.00758. The van der Waals surface area contributed by atoms with Crippen LogP contribution >= 0.6 is 15.9 Å². The predicted octanol–water partition coefficient (Wildman–Crippen LogP) is 37.3. The highest BCUT2D eigenvalue weighted by atomic mass is 79.9. The number of aromatic nitrogens is 2. The van der Waals surface area contributed by atoms with Crippen LogP contribution in [0.15, 0.2) is 508 Å². The van der Waals surface area contributed by atoms with Crippen LogP contribution in [0.4, 0.5) is 34.1 Å². The van der Waals surface area contributed by atoms with E-state index in [9.17, 15) is 0 Å². The average Bonchev–Trinajstić information content (AvgIpc) is 1.31. The summed E-state index contributed by atoms with van der Waals surface area (Å²) in [6, 6.07) is 181. The highest BCUT2D eigenvalue weighted by molar-refractivity contribution is 9.10.